The summed E-state index contributed by atoms with van der Waals surface area (Å²) in [5, 5.41) is 9.13. The highest BCUT2D eigenvalue weighted by atomic mass is 35.5. The molecule has 3 nitrogen and oxygen atoms in total. The molecule has 4 heteroatoms. The summed E-state index contributed by atoms with van der Waals surface area (Å²) in [4.78, 5) is 4.11. The van der Waals surface area contributed by atoms with Gasteiger partial charge in [0.15, 0.2) is 0 Å². The molecule has 0 bridgehead atoms. The molecule has 74 valence electrons. The number of nitrogens with zero attached hydrogens (tertiary/aromatic N) is 1. The number of aliphatic hydroxyl groups excluding tert-OH is 1. The topological polar surface area (TPSA) is 59.1 Å². The third kappa shape index (κ3) is 4.22. The minimum Gasteiger partial charge on any atom is -0.392 e. The first-order valence-electron chi connectivity index (χ1n) is 4.03. The van der Waals surface area contributed by atoms with Gasteiger partial charge in [-0.15, -0.1) is 12.4 Å². The number of nitrogens with two attached hydrogens (primary N) is 1. The lowest BCUT2D eigenvalue weighted by Crippen LogP contribution is -2.34. The maximum absolute atomic E-state index is 9.13. The van der Waals surface area contributed by atoms with Crippen molar-refractivity contribution in [1.29, 1.82) is 0 Å². The third-order valence-corrected chi connectivity index (χ3v) is 1.79. The Morgan fingerprint density at radius 1 is 1.54 bits per heavy atom. The molecule has 0 saturated carbocycles. The van der Waals surface area contributed by atoms with E-state index in [4.69, 9.17) is 10.8 Å². The summed E-state index contributed by atoms with van der Waals surface area (Å²) in [7, 11) is 0. The van der Waals surface area contributed by atoms with Crippen molar-refractivity contribution in [3.05, 3.63) is 30.1 Å². The van der Waals surface area contributed by atoms with Gasteiger partial charge in [0, 0.05) is 24.4 Å². The summed E-state index contributed by atoms with van der Waals surface area (Å²) in [6, 6.07) is 5.45. The van der Waals surface area contributed by atoms with E-state index in [0.29, 0.717) is 6.42 Å². The van der Waals surface area contributed by atoms with Crippen LogP contribution in [0.1, 0.15) is 12.6 Å². The first-order valence-corrected chi connectivity index (χ1v) is 4.03. The fourth-order valence-electron chi connectivity index (χ4n) is 0.931. The Kier molecular flexibility index (Phi) is 5.62. The molecule has 1 rings (SSSR count). The zero-order valence-corrected chi connectivity index (χ0v) is 8.37. The van der Waals surface area contributed by atoms with Crippen LogP contribution in [-0.2, 0) is 6.42 Å². The van der Waals surface area contributed by atoms with Crippen molar-refractivity contribution in [2.45, 2.75) is 25.5 Å². The van der Waals surface area contributed by atoms with Gasteiger partial charge in [-0.05, 0) is 19.1 Å². The van der Waals surface area contributed by atoms with Crippen molar-refractivity contribution in [2.75, 3.05) is 0 Å². The van der Waals surface area contributed by atoms with Crippen molar-refractivity contribution >= 4 is 12.4 Å². The molecule has 0 aliphatic rings. The number of hydrogen-bond acceptors (Lipinski definition) is 3. The first-order chi connectivity index (χ1) is 5.70. The molecule has 0 saturated heterocycles. The van der Waals surface area contributed by atoms with Crippen molar-refractivity contribution in [1.82, 2.24) is 4.98 Å². The average Bonchev–Trinajstić information content (AvgIpc) is 2.06. The largest absolute Gasteiger partial charge is 0.392 e. The van der Waals surface area contributed by atoms with Crippen LogP contribution in [0.2, 0.25) is 0 Å². The van der Waals surface area contributed by atoms with Crippen molar-refractivity contribution in [2.24, 2.45) is 5.73 Å². The van der Waals surface area contributed by atoms with E-state index in [9.17, 15) is 0 Å². The molecule has 0 aromatic carbocycles. The van der Waals surface area contributed by atoms with Gasteiger partial charge >= 0.3 is 0 Å². The number of hydrogen-bond donors (Lipinski definition) is 2. The van der Waals surface area contributed by atoms with Crippen LogP contribution in [0.15, 0.2) is 24.4 Å². The van der Waals surface area contributed by atoms with E-state index >= 15 is 0 Å². The monoisotopic (exact) mass is 202 g/mol. The molecule has 0 fully saturated rings. The van der Waals surface area contributed by atoms with Crippen LogP contribution < -0.4 is 5.73 Å². The Balaban J connectivity index is 0.00000144. The van der Waals surface area contributed by atoms with E-state index < -0.39 is 6.10 Å². The summed E-state index contributed by atoms with van der Waals surface area (Å²) in [5.74, 6) is 0. The highest BCUT2D eigenvalue weighted by molar-refractivity contribution is 5.85. The van der Waals surface area contributed by atoms with Gasteiger partial charge in [0.25, 0.3) is 0 Å². The van der Waals surface area contributed by atoms with Crippen LogP contribution in [0, 0.1) is 0 Å². The minimum atomic E-state index is -0.480. The molecule has 0 radical (unpaired) electrons. The molecule has 0 spiro atoms. The molecule has 0 amide bonds. The molecular weight excluding hydrogens is 188 g/mol. The molecule has 0 aliphatic carbocycles. The zero-order valence-electron chi connectivity index (χ0n) is 7.55. The Hall–Kier alpha value is -0.640. The molecule has 0 aliphatic heterocycles. The van der Waals surface area contributed by atoms with Crippen molar-refractivity contribution in [3.8, 4) is 0 Å². The smallest absolute Gasteiger partial charge is 0.0666 e. The van der Waals surface area contributed by atoms with E-state index in [1.54, 1.807) is 13.1 Å². The summed E-state index contributed by atoms with van der Waals surface area (Å²) < 4.78 is 0. The van der Waals surface area contributed by atoms with Gasteiger partial charge in [0.1, 0.15) is 0 Å². The first kappa shape index (κ1) is 12.4. The second kappa shape index (κ2) is 5.91. The van der Waals surface area contributed by atoms with Gasteiger partial charge in [-0.1, -0.05) is 6.07 Å². The van der Waals surface area contributed by atoms with E-state index in [2.05, 4.69) is 4.98 Å². The summed E-state index contributed by atoms with van der Waals surface area (Å²) in [6.07, 6.45) is 1.87. The second-order valence-corrected chi connectivity index (χ2v) is 2.93. The number of aromatic nitrogens is 1. The maximum atomic E-state index is 9.13. The lowest BCUT2D eigenvalue weighted by atomic mass is 10.1. The Bertz CT molecular complexity index is 228. The lowest BCUT2D eigenvalue weighted by molar-refractivity contribution is 0.163. The molecular formula is C9H15ClN2O. The van der Waals surface area contributed by atoms with Gasteiger partial charge < -0.3 is 10.8 Å². The number of halogens is 1. The highest BCUT2D eigenvalue weighted by Crippen LogP contribution is 2.00. The van der Waals surface area contributed by atoms with Crippen LogP contribution in [0.5, 0.6) is 0 Å². The van der Waals surface area contributed by atoms with Gasteiger partial charge in [-0.3, -0.25) is 4.98 Å². The fraction of sp³-hybridized carbons (Fsp3) is 0.444. The van der Waals surface area contributed by atoms with Crippen molar-refractivity contribution in [3.63, 3.8) is 0 Å². The Morgan fingerprint density at radius 3 is 2.69 bits per heavy atom. The maximum Gasteiger partial charge on any atom is 0.0666 e. The van der Waals surface area contributed by atoms with Crippen LogP contribution in [0.3, 0.4) is 0 Å². The number of rotatable bonds is 3. The van der Waals surface area contributed by atoms with Gasteiger partial charge in [0.05, 0.1) is 6.10 Å². The van der Waals surface area contributed by atoms with Crippen LogP contribution in [-0.4, -0.2) is 22.2 Å². The summed E-state index contributed by atoms with van der Waals surface area (Å²) >= 11 is 0. The Morgan fingerprint density at radius 2 is 2.23 bits per heavy atom. The zero-order chi connectivity index (χ0) is 8.97. The summed E-state index contributed by atoms with van der Waals surface area (Å²) in [5.41, 5.74) is 6.58. The molecule has 13 heavy (non-hydrogen) atoms. The molecule has 1 heterocycles. The second-order valence-electron chi connectivity index (χ2n) is 2.93. The van der Waals surface area contributed by atoms with Crippen LogP contribution in [0.4, 0.5) is 0 Å². The van der Waals surface area contributed by atoms with Gasteiger partial charge in [-0.25, -0.2) is 0 Å². The lowest BCUT2D eigenvalue weighted by Gasteiger charge is -2.13. The van der Waals surface area contributed by atoms with E-state index in [1.807, 2.05) is 18.2 Å². The standard InChI is InChI=1S/C9H14N2O.ClH/c1-7(12)9(10)6-8-4-2-3-5-11-8;/h2-5,7,9,12H,6,10H2,1H3;1H. The SMILES string of the molecule is CC(O)C(N)Cc1ccccn1.Cl. The minimum absolute atomic E-state index is 0. The number of aliphatic hydroxyl groups is 1. The van der Waals surface area contributed by atoms with E-state index in [1.165, 1.54) is 0 Å². The van der Waals surface area contributed by atoms with E-state index in [-0.39, 0.29) is 18.4 Å². The van der Waals surface area contributed by atoms with Gasteiger partial charge in [0.2, 0.25) is 0 Å². The Labute approximate surface area is 84.4 Å². The molecule has 3 N–H and O–H groups in total. The third-order valence-electron chi connectivity index (χ3n) is 1.79. The van der Waals surface area contributed by atoms with Crippen LogP contribution >= 0.6 is 12.4 Å². The predicted octanol–water partition coefficient (Wildman–Crippen LogP) is 0.754. The van der Waals surface area contributed by atoms with Crippen molar-refractivity contribution < 1.29 is 5.11 Å². The summed E-state index contributed by atoms with van der Waals surface area (Å²) in [6.45, 7) is 1.69. The average molecular weight is 203 g/mol. The molecule has 2 atom stereocenters. The number of pyridine rings is 1. The fourth-order valence-corrected chi connectivity index (χ4v) is 0.931. The predicted molar refractivity (Wildman–Crippen MR) is 54.8 cm³/mol. The van der Waals surface area contributed by atoms with Crippen LogP contribution in [0.25, 0.3) is 0 Å². The molecule has 1 aromatic heterocycles. The highest BCUT2D eigenvalue weighted by Gasteiger charge is 2.09. The van der Waals surface area contributed by atoms with E-state index in [0.717, 1.165) is 5.69 Å². The quantitative estimate of drug-likeness (QED) is 0.761. The molecule has 2 unspecified atom stereocenters. The van der Waals surface area contributed by atoms with Gasteiger partial charge in [-0.2, -0.15) is 0 Å². The normalized spacial score (nSPS) is 14.4. The molecule has 1 aromatic rings.